The highest BCUT2D eigenvalue weighted by Crippen LogP contribution is 2.22. The lowest BCUT2D eigenvalue weighted by molar-refractivity contribution is 0.270. The summed E-state index contributed by atoms with van der Waals surface area (Å²) in [5, 5.41) is 13.9. The van der Waals surface area contributed by atoms with E-state index < -0.39 is 5.56 Å². The Balaban J connectivity index is 2.47. The molecule has 1 atom stereocenters. The number of aliphatic hydroxyl groups is 1. The first-order valence-electron chi connectivity index (χ1n) is 6.33. The Kier molecular flexibility index (Phi) is 4.88. The molecule has 0 aliphatic heterocycles. The number of likely N-dealkylation sites (N-methyl/N-ethyl adjacent to an activating group) is 1. The monoisotopic (exact) mass is 327 g/mol. The van der Waals surface area contributed by atoms with E-state index in [1.807, 2.05) is 6.92 Å². The molecule has 1 aromatic carbocycles. The van der Waals surface area contributed by atoms with Crippen LogP contribution >= 0.6 is 23.2 Å². The van der Waals surface area contributed by atoms with Crippen molar-refractivity contribution in [2.45, 2.75) is 13.0 Å². The van der Waals surface area contributed by atoms with E-state index >= 15 is 0 Å². The highest BCUT2D eigenvalue weighted by Gasteiger charge is 2.17. The molecule has 1 N–H and O–H groups in total. The standard InChI is InChI=1S/C14H15Cl2N3O2/c1-9(8-20)18(2)12-7-17-19(14(21)13(12)16)11-5-3-10(15)4-6-11/h3-7,9,20H,8H2,1-2H3. The maximum Gasteiger partial charge on any atom is 0.292 e. The van der Waals surface area contributed by atoms with E-state index in [1.165, 1.54) is 10.9 Å². The zero-order valence-electron chi connectivity index (χ0n) is 11.6. The topological polar surface area (TPSA) is 58.4 Å². The molecule has 1 heterocycles. The van der Waals surface area contributed by atoms with Crippen LogP contribution < -0.4 is 10.5 Å². The molecule has 21 heavy (non-hydrogen) atoms. The molecule has 0 aliphatic rings. The molecule has 0 fully saturated rings. The maximum atomic E-state index is 12.3. The minimum Gasteiger partial charge on any atom is -0.394 e. The number of halogens is 2. The van der Waals surface area contributed by atoms with E-state index in [4.69, 9.17) is 23.2 Å². The Labute approximate surface area is 132 Å². The first-order valence-corrected chi connectivity index (χ1v) is 7.08. The van der Waals surface area contributed by atoms with Crippen LogP contribution in [0.15, 0.2) is 35.3 Å². The Hall–Kier alpha value is -1.56. The second kappa shape index (κ2) is 6.47. The highest BCUT2D eigenvalue weighted by molar-refractivity contribution is 6.33. The van der Waals surface area contributed by atoms with Gasteiger partial charge in [-0.1, -0.05) is 23.2 Å². The van der Waals surface area contributed by atoms with E-state index in [0.29, 0.717) is 16.4 Å². The SMILES string of the molecule is CC(CO)N(C)c1cnn(-c2ccc(Cl)cc2)c(=O)c1Cl. The largest absolute Gasteiger partial charge is 0.394 e. The van der Waals surface area contributed by atoms with Gasteiger partial charge in [-0.15, -0.1) is 0 Å². The van der Waals surface area contributed by atoms with Crippen molar-refractivity contribution in [3.63, 3.8) is 0 Å². The molecule has 5 nitrogen and oxygen atoms in total. The van der Waals surface area contributed by atoms with Crippen LogP contribution in [0.25, 0.3) is 5.69 Å². The number of aliphatic hydroxyl groups excluding tert-OH is 1. The summed E-state index contributed by atoms with van der Waals surface area (Å²) < 4.78 is 1.21. The minimum absolute atomic E-state index is 0.0485. The van der Waals surface area contributed by atoms with Gasteiger partial charge in [0.2, 0.25) is 0 Å². The molecule has 0 bridgehead atoms. The summed E-state index contributed by atoms with van der Waals surface area (Å²) in [7, 11) is 1.75. The van der Waals surface area contributed by atoms with Gasteiger partial charge in [0.15, 0.2) is 0 Å². The van der Waals surface area contributed by atoms with Gasteiger partial charge in [-0.05, 0) is 31.2 Å². The normalized spacial score (nSPS) is 12.2. The molecule has 0 spiro atoms. The molecule has 112 valence electrons. The van der Waals surface area contributed by atoms with Crippen LogP contribution in [0, 0.1) is 0 Å². The van der Waals surface area contributed by atoms with E-state index in [0.717, 1.165) is 0 Å². The van der Waals surface area contributed by atoms with Crippen molar-refractivity contribution >= 4 is 28.9 Å². The van der Waals surface area contributed by atoms with Crippen molar-refractivity contribution in [2.75, 3.05) is 18.6 Å². The lowest BCUT2D eigenvalue weighted by Crippen LogP contribution is -2.34. The van der Waals surface area contributed by atoms with E-state index in [1.54, 1.807) is 36.2 Å². The van der Waals surface area contributed by atoms with E-state index in [2.05, 4.69) is 5.10 Å². The van der Waals surface area contributed by atoms with Crippen molar-refractivity contribution in [2.24, 2.45) is 0 Å². The maximum absolute atomic E-state index is 12.3. The predicted molar refractivity (Wildman–Crippen MR) is 84.8 cm³/mol. The van der Waals surface area contributed by atoms with Gasteiger partial charge in [-0.2, -0.15) is 9.78 Å². The van der Waals surface area contributed by atoms with E-state index in [-0.39, 0.29) is 17.7 Å². The second-order valence-electron chi connectivity index (χ2n) is 4.68. The fraction of sp³-hybridized carbons (Fsp3) is 0.286. The first-order chi connectivity index (χ1) is 9.95. The van der Waals surface area contributed by atoms with Crippen LogP contribution in [-0.2, 0) is 0 Å². The number of hydrogen-bond acceptors (Lipinski definition) is 4. The third-order valence-corrected chi connectivity index (χ3v) is 3.88. The fourth-order valence-corrected chi connectivity index (χ4v) is 2.18. The van der Waals surface area contributed by atoms with Crippen LogP contribution in [0.2, 0.25) is 10.0 Å². The van der Waals surface area contributed by atoms with Crippen LogP contribution in [-0.4, -0.2) is 34.6 Å². The molecule has 0 saturated carbocycles. The number of rotatable bonds is 4. The number of anilines is 1. The van der Waals surface area contributed by atoms with Crippen LogP contribution in [0.1, 0.15) is 6.92 Å². The van der Waals surface area contributed by atoms with Crippen molar-refractivity contribution < 1.29 is 5.11 Å². The molecule has 0 radical (unpaired) electrons. The van der Waals surface area contributed by atoms with Gasteiger partial charge in [0.1, 0.15) is 5.02 Å². The first kappa shape index (κ1) is 15.8. The highest BCUT2D eigenvalue weighted by atomic mass is 35.5. The molecular formula is C14H15Cl2N3O2. The molecule has 0 saturated heterocycles. The number of nitrogens with zero attached hydrogens (tertiary/aromatic N) is 3. The van der Waals surface area contributed by atoms with Gasteiger partial charge in [0, 0.05) is 18.1 Å². The Morgan fingerprint density at radius 3 is 2.52 bits per heavy atom. The molecule has 7 heteroatoms. The summed E-state index contributed by atoms with van der Waals surface area (Å²) in [6, 6.07) is 6.55. The summed E-state index contributed by atoms with van der Waals surface area (Å²) in [4.78, 5) is 14.0. The molecule has 0 amide bonds. The van der Waals surface area contributed by atoms with Gasteiger partial charge in [-0.3, -0.25) is 4.79 Å². The zero-order valence-corrected chi connectivity index (χ0v) is 13.1. The average molecular weight is 328 g/mol. The van der Waals surface area contributed by atoms with Gasteiger partial charge in [0.05, 0.1) is 24.2 Å². The summed E-state index contributed by atoms with van der Waals surface area (Å²) in [6.07, 6.45) is 1.50. The third kappa shape index (κ3) is 3.20. The number of hydrogen-bond donors (Lipinski definition) is 1. The number of aromatic nitrogens is 2. The Morgan fingerprint density at radius 1 is 1.33 bits per heavy atom. The lowest BCUT2D eigenvalue weighted by Gasteiger charge is -2.25. The summed E-state index contributed by atoms with van der Waals surface area (Å²) in [5.74, 6) is 0. The summed E-state index contributed by atoms with van der Waals surface area (Å²) in [6.45, 7) is 1.77. The lowest BCUT2D eigenvalue weighted by atomic mass is 10.3. The van der Waals surface area contributed by atoms with Crippen molar-refractivity contribution in [1.29, 1.82) is 0 Å². The molecule has 2 aromatic rings. The van der Waals surface area contributed by atoms with Crippen LogP contribution in [0.4, 0.5) is 5.69 Å². The quantitative estimate of drug-likeness (QED) is 0.936. The molecule has 1 unspecified atom stereocenters. The predicted octanol–water partition coefficient (Wildman–Crippen LogP) is 2.36. The van der Waals surface area contributed by atoms with Crippen molar-refractivity contribution in [1.82, 2.24) is 9.78 Å². The molecule has 1 aromatic heterocycles. The van der Waals surface area contributed by atoms with Gasteiger partial charge in [-0.25, -0.2) is 0 Å². The molecule has 2 rings (SSSR count). The summed E-state index contributed by atoms with van der Waals surface area (Å²) in [5.41, 5.74) is 0.637. The summed E-state index contributed by atoms with van der Waals surface area (Å²) >= 11 is 12.0. The van der Waals surface area contributed by atoms with Crippen LogP contribution in [0.3, 0.4) is 0 Å². The van der Waals surface area contributed by atoms with E-state index in [9.17, 15) is 9.90 Å². The smallest absolute Gasteiger partial charge is 0.292 e. The Morgan fingerprint density at radius 2 is 1.95 bits per heavy atom. The minimum atomic E-state index is -0.423. The third-order valence-electron chi connectivity index (χ3n) is 3.28. The van der Waals surface area contributed by atoms with Crippen molar-refractivity contribution in [3.8, 4) is 5.69 Å². The number of benzene rings is 1. The van der Waals surface area contributed by atoms with Gasteiger partial charge in [0.25, 0.3) is 5.56 Å². The zero-order chi connectivity index (χ0) is 15.6. The fourth-order valence-electron chi connectivity index (χ4n) is 1.80. The van der Waals surface area contributed by atoms with Gasteiger partial charge >= 0.3 is 0 Å². The van der Waals surface area contributed by atoms with Crippen LogP contribution in [0.5, 0.6) is 0 Å². The molecule has 0 aliphatic carbocycles. The molecular weight excluding hydrogens is 313 g/mol. The van der Waals surface area contributed by atoms with Crippen molar-refractivity contribution in [3.05, 3.63) is 50.9 Å². The Bertz CT molecular complexity index is 686. The second-order valence-corrected chi connectivity index (χ2v) is 5.49. The average Bonchev–Trinajstić information content (AvgIpc) is 2.49. The van der Waals surface area contributed by atoms with Gasteiger partial charge < -0.3 is 10.0 Å².